The molecule has 2 heteroatoms. The average molecular weight is 140 g/mol. The molecule has 0 aromatic rings. The predicted octanol–water partition coefficient (Wildman–Crippen LogP) is 1.55. The van der Waals surface area contributed by atoms with E-state index < -0.39 is 0 Å². The molecule has 0 aromatic carbocycles. The molecule has 0 aliphatic heterocycles. The van der Waals surface area contributed by atoms with Crippen molar-refractivity contribution in [3.8, 4) is 0 Å². The van der Waals surface area contributed by atoms with Gasteiger partial charge in [-0.1, -0.05) is 6.92 Å². The van der Waals surface area contributed by atoms with Crippen molar-refractivity contribution in [2.75, 3.05) is 6.54 Å². The van der Waals surface area contributed by atoms with E-state index in [1.54, 1.807) is 0 Å². The van der Waals surface area contributed by atoms with Gasteiger partial charge in [0.05, 0.1) is 5.84 Å². The summed E-state index contributed by atoms with van der Waals surface area (Å²) in [7, 11) is 0. The van der Waals surface area contributed by atoms with Crippen molar-refractivity contribution in [3.63, 3.8) is 0 Å². The Morgan fingerprint density at radius 1 is 1.60 bits per heavy atom. The number of hydrogen-bond donors (Lipinski definition) is 1. The monoisotopic (exact) mass is 140 g/mol. The van der Waals surface area contributed by atoms with Gasteiger partial charge in [0, 0.05) is 13.0 Å². The Kier molecular flexibility index (Phi) is 2.72. The first-order valence-electron chi connectivity index (χ1n) is 4.11. The largest absolute Gasteiger partial charge is 0.387 e. The van der Waals surface area contributed by atoms with Crippen LogP contribution in [0, 0.1) is 5.92 Å². The number of nitrogens with zero attached hydrogens (tertiary/aromatic N) is 1. The highest BCUT2D eigenvalue weighted by Crippen LogP contribution is 2.31. The highest BCUT2D eigenvalue weighted by molar-refractivity contribution is 5.80. The molecule has 2 nitrogen and oxygen atoms in total. The molecule has 0 atom stereocenters. The summed E-state index contributed by atoms with van der Waals surface area (Å²) >= 11 is 0. The molecule has 0 radical (unpaired) electrons. The Morgan fingerprint density at radius 3 is 2.80 bits per heavy atom. The van der Waals surface area contributed by atoms with Crippen LogP contribution in [0.1, 0.15) is 32.6 Å². The molecule has 0 spiro atoms. The first-order chi connectivity index (χ1) is 4.83. The Morgan fingerprint density at radius 2 is 2.30 bits per heavy atom. The number of aliphatic imine (C=N–C) groups is 1. The smallest absolute Gasteiger partial charge is 0.0939 e. The van der Waals surface area contributed by atoms with Crippen molar-refractivity contribution in [2.45, 2.75) is 32.6 Å². The summed E-state index contributed by atoms with van der Waals surface area (Å²) in [5.74, 6) is 1.74. The van der Waals surface area contributed by atoms with Crippen LogP contribution in [0.3, 0.4) is 0 Å². The molecule has 0 heterocycles. The lowest BCUT2D eigenvalue weighted by molar-refractivity contribution is 0.862. The van der Waals surface area contributed by atoms with Crippen LogP contribution in [-0.2, 0) is 0 Å². The van der Waals surface area contributed by atoms with Gasteiger partial charge in [0.25, 0.3) is 0 Å². The van der Waals surface area contributed by atoms with E-state index in [1.165, 1.54) is 12.8 Å². The summed E-state index contributed by atoms with van der Waals surface area (Å²) in [6.45, 7) is 3.02. The first-order valence-corrected chi connectivity index (χ1v) is 4.11. The lowest BCUT2D eigenvalue weighted by Gasteiger charge is -1.96. The zero-order valence-electron chi connectivity index (χ0n) is 6.64. The van der Waals surface area contributed by atoms with Crippen molar-refractivity contribution in [1.29, 1.82) is 0 Å². The molecule has 0 bridgehead atoms. The second-order valence-electron chi connectivity index (χ2n) is 3.02. The summed E-state index contributed by atoms with van der Waals surface area (Å²) in [6.07, 6.45) is 4.87. The third-order valence-electron chi connectivity index (χ3n) is 1.73. The molecule has 0 aromatic heterocycles. The van der Waals surface area contributed by atoms with Gasteiger partial charge in [0.15, 0.2) is 0 Å². The van der Waals surface area contributed by atoms with Crippen molar-refractivity contribution < 1.29 is 0 Å². The van der Waals surface area contributed by atoms with E-state index >= 15 is 0 Å². The van der Waals surface area contributed by atoms with E-state index in [0.717, 1.165) is 31.1 Å². The number of nitrogens with two attached hydrogens (primary N) is 1. The number of rotatable bonds is 4. The minimum atomic E-state index is 0.865. The minimum absolute atomic E-state index is 0.865. The van der Waals surface area contributed by atoms with E-state index in [0.29, 0.717) is 0 Å². The zero-order valence-corrected chi connectivity index (χ0v) is 6.64. The maximum absolute atomic E-state index is 5.65. The van der Waals surface area contributed by atoms with E-state index in [1.807, 2.05) is 0 Å². The molecular formula is C8H16N2. The Bertz CT molecular complexity index is 125. The fourth-order valence-corrected chi connectivity index (χ4v) is 0.938. The van der Waals surface area contributed by atoms with Gasteiger partial charge in [-0.3, -0.25) is 4.99 Å². The van der Waals surface area contributed by atoms with E-state index in [-0.39, 0.29) is 0 Å². The molecule has 0 amide bonds. The van der Waals surface area contributed by atoms with Crippen LogP contribution < -0.4 is 5.73 Å². The third kappa shape index (κ3) is 2.85. The van der Waals surface area contributed by atoms with Gasteiger partial charge < -0.3 is 5.73 Å². The van der Waals surface area contributed by atoms with Gasteiger partial charge in [-0.2, -0.15) is 0 Å². The highest BCUT2D eigenvalue weighted by Gasteiger charge is 2.21. The van der Waals surface area contributed by atoms with Gasteiger partial charge in [0.1, 0.15) is 0 Å². The molecule has 1 aliphatic carbocycles. The first kappa shape index (κ1) is 7.58. The summed E-state index contributed by atoms with van der Waals surface area (Å²) < 4.78 is 0. The Hall–Kier alpha value is -0.530. The normalized spacial score (nSPS) is 19.5. The third-order valence-corrected chi connectivity index (χ3v) is 1.73. The molecule has 1 saturated carbocycles. The van der Waals surface area contributed by atoms with Crippen LogP contribution >= 0.6 is 0 Å². The van der Waals surface area contributed by atoms with Crippen molar-refractivity contribution in [2.24, 2.45) is 16.6 Å². The molecule has 58 valence electrons. The molecule has 0 saturated heterocycles. The van der Waals surface area contributed by atoms with Crippen LogP contribution in [0.2, 0.25) is 0 Å². The average Bonchev–Trinajstić information content (AvgIpc) is 2.67. The molecule has 0 unspecified atom stereocenters. The molecule has 10 heavy (non-hydrogen) atoms. The van der Waals surface area contributed by atoms with Gasteiger partial charge in [-0.15, -0.1) is 0 Å². The second-order valence-corrected chi connectivity index (χ2v) is 3.02. The maximum atomic E-state index is 5.65. The van der Waals surface area contributed by atoms with E-state index in [2.05, 4.69) is 11.9 Å². The second kappa shape index (κ2) is 3.59. The van der Waals surface area contributed by atoms with E-state index in [4.69, 9.17) is 5.73 Å². The van der Waals surface area contributed by atoms with Crippen LogP contribution in [0.4, 0.5) is 0 Å². The molecule has 1 aliphatic rings. The molecule has 2 N–H and O–H groups in total. The Balaban J connectivity index is 2.11. The fraction of sp³-hybridized carbons (Fsp3) is 0.875. The van der Waals surface area contributed by atoms with Gasteiger partial charge in [-0.05, 0) is 25.2 Å². The van der Waals surface area contributed by atoms with Crippen LogP contribution in [0.5, 0.6) is 0 Å². The summed E-state index contributed by atoms with van der Waals surface area (Å²) in [4.78, 5) is 4.22. The lowest BCUT2D eigenvalue weighted by atomic mass is 10.3. The van der Waals surface area contributed by atoms with Gasteiger partial charge in [-0.25, -0.2) is 0 Å². The SMILES string of the molecule is CCCN=C(N)CC1CC1. The standard InChI is InChI=1S/C8H16N2/c1-2-5-10-8(9)6-7-3-4-7/h7H,2-6H2,1H3,(H2,9,10). The van der Waals surface area contributed by atoms with Crippen LogP contribution in [0.15, 0.2) is 4.99 Å². The minimum Gasteiger partial charge on any atom is -0.387 e. The maximum Gasteiger partial charge on any atom is 0.0939 e. The predicted molar refractivity (Wildman–Crippen MR) is 44.1 cm³/mol. The van der Waals surface area contributed by atoms with Crippen LogP contribution in [-0.4, -0.2) is 12.4 Å². The summed E-state index contributed by atoms with van der Waals surface area (Å²) in [5, 5.41) is 0. The molecular weight excluding hydrogens is 124 g/mol. The van der Waals surface area contributed by atoms with Crippen LogP contribution in [0.25, 0.3) is 0 Å². The number of hydrogen-bond acceptors (Lipinski definition) is 1. The van der Waals surface area contributed by atoms with Crippen molar-refractivity contribution in [1.82, 2.24) is 0 Å². The zero-order chi connectivity index (χ0) is 7.40. The van der Waals surface area contributed by atoms with Crippen molar-refractivity contribution >= 4 is 5.84 Å². The quantitative estimate of drug-likeness (QED) is 0.467. The van der Waals surface area contributed by atoms with Crippen molar-refractivity contribution in [3.05, 3.63) is 0 Å². The van der Waals surface area contributed by atoms with Gasteiger partial charge >= 0.3 is 0 Å². The lowest BCUT2D eigenvalue weighted by Crippen LogP contribution is -2.12. The Labute approximate surface area is 62.5 Å². The summed E-state index contributed by atoms with van der Waals surface area (Å²) in [5.41, 5.74) is 5.65. The highest BCUT2D eigenvalue weighted by atomic mass is 14.8. The topological polar surface area (TPSA) is 38.4 Å². The van der Waals surface area contributed by atoms with Gasteiger partial charge in [0.2, 0.25) is 0 Å². The molecule has 1 fully saturated rings. The fourth-order valence-electron chi connectivity index (χ4n) is 0.938. The molecule has 1 rings (SSSR count). The summed E-state index contributed by atoms with van der Waals surface area (Å²) in [6, 6.07) is 0. The number of amidine groups is 1. The van der Waals surface area contributed by atoms with E-state index in [9.17, 15) is 0 Å².